The molecule has 0 aromatic heterocycles. The van der Waals surface area contributed by atoms with Crippen LogP contribution in [0.3, 0.4) is 0 Å². The first-order valence-electron chi connectivity index (χ1n) is 8.30. The molecule has 0 aliphatic heterocycles. The lowest BCUT2D eigenvalue weighted by Crippen LogP contribution is -2.16. The van der Waals surface area contributed by atoms with E-state index in [0.29, 0.717) is 6.42 Å². The van der Waals surface area contributed by atoms with Gasteiger partial charge in [0.2, 0.25) is 5.91 Å². The van der Waals surface area contributed by atoms with E-state index in [9.17, 15) is 4.79 Å². The third-order valence-corrected chi connectivity index (χ3v) is 4.87. The largest absolute Gasteiger partial charge is 0.326 e. The summed E-state index contributed by atoms with van der Waals surface area (Å²) in [5.41, 5.74) is 3.15. The summed E-state index contributed by atoms with van der Waals surface area (Å²) in [5.74, 6) is 0.0714. The van der Waals surface area contributed by atoms with Gasteiger partial charge in [-0.05, 0) is 35.6 Å². The summed E-state index contributed by atoms with van der Waals surface area (Å²) in [6.07, 6.45) is 2.44. The number of rotatable bonds is 6. The molecule has 3 heteroatoms. The molecule has 1 N–H and O–H groups in total. The SMILES string of the molecule is CSc1cccc(NC(=O)CC(c2ccccc2)c2ccccc2)c1. The molecular weight excluding hydrogens is 326 g/mol. The molecule has 0 spiro atoms. The van der Waals surface area contributed by atoms with E-state index < -0.39 is 0 Å². The van der Waals surface area contributed by atoms with Gasteiger partial charge in [-0.3, -0.25) is 4.79 Å². The van der Waals surface area contributed by atoms with E-state index in [-0.39, 0.29) is 11.8 Å². The van der Waals surface area contributed by atoms with Crippen LogP contribution in [0.25, 0.3) is 0 Å². The molecule has 0 unspecified atom stereocenters. The fourth-order valence-corrected chi connectivity index (χ4v) is 3.36. The topological polar surface area (TPSA) is 29.1 Å². The van der Waals surface area contributed by atoms with Crippen LogP contribution in [0.2, 0.25) is 0 Å². The van der Waals surface area contributed by atoms with E-state index in [4.69, 9.17) is 0 Å². The zero-order valence-corrected chi connectivity index (χ0v) is 15.0. The molecule has 0 saturated heterocycles. The maximum Gasteiger partial charge on any atom is 0.225 e. The van der Waals surface area contributed by atoms with Crippen molar-refractivity contribution in [3.63, 3.8) is 0 Å². The number of thioether (sulfide) groups is 1. The summed E-state index contributed by atoms with van der Waals surface area (Å²) in [6, 6.07) is 28.3. The number of nitrogens with one attached hydrogen (secondary N) is 1. The minimum atomic E-state index is 0.0240. The highest BCUT2D eigenvalue weighted by Gasteiger charge is 2.18. The van der Waals surface area contributed by atoms with Crippen molar-refractivity contribution in [2.75, 3.05) is 11.6 Å². The van der Waals surface area contributed by atoms with Crippen molar-refractivity contribution in [2.24, 2.45) is 0 Å². The number of benzene rings is 3. The van der Waals surface area contributed by atoms with Crippen molar-refractivity contribution in [1.82, 2.24) is 0 Å². The minimum absolute atomic E-state index is 0.0240. The molecule has 1 amide bonds. The Morgan fingerprint density at radius 3 is 2.04 bits per heavy atom. The Labute approximate surface area is 153 Å². The molecule has 0 fully saturated rings. The summed E-state index contributed by atoms with van der Waals surface area (Å²) in [7, 11) is 0. The van der Waals surface area contributed by atoms with Gasteiger partial charge in [-0.15, -0.1) is 11.8 Å². The van der Waals surface area contributed by atoms with Gasteiger partial charge in [-0.2, -0.15) is 0 Å². The normalized spacial score (nSPS) is 10.6. The second kappa shape index (κ2) is 8.54. The van der Waals surface area contributed by atoms with Crippen LogP contribution >= 0.6 is 11.8 Å². The van der Waals surface area contributed by atoms with E-state index in [1.54, 1.807) is 11.8 Å². The lowest BCUT2D eigenvalue weighted by atomic mass is 9.88. The number of hydrogen-bond donors (Lipinski definition) is 1. The molecular formula is C22H21NOS. The quantitative estimate of drug-likeness (QED) is 0.591. The molecule has 25 heavy (non-hydrogen) atoms. The Kier molecular flexibility index (Phi) is 5.91. The molecule has 126 valence electrons. The molecule has 2 nitrogen and oxygen atoms in total. The first kappa shape index (κ1) is 17.3. The fourth-order valence-electron chi connectivity index (χ4n) is 2.90. The molecule has 0 aliphatic rings. The summed E-state index contributed by atoms with van der Waals surface area (Å²) < 4.78 is 0. The smallest absolute Gasteiger partial charge is 0.225 e. The lowest BCUT2D eigenvalue weighted by Gasteiger charge is -2.18. The van der Waals surface area contributed by atoms with E-state index in [0.717, 1.165) is 21.7 Å². The van der Waals surface area contributed by atoms with Gasteiger partial charge in [0.15, 0.2) is 0 Å². The van der Waals surface area contributed by atoms with Gasteiger partial charge in [-0.25, -0.2) is 0 Å². The van der Waals surface area contributed by atoms with Gasteiger partial charge in [-0.1, -0.05) is 66.7 Å². The van der Waals surface area contributed by atoms with Gasteiger partial charge in [0.25, 0.3) is 0 Å². The van der Waals surface area contributed by atoms with E-state index in [2.05, 4.69) is 29.6 Å². The van der Waals surface area contributed by atoms with Gasteiger partial charge in [0, 0.05) is 22.9 Å². The molecule has 0 heterocycles. The molecule has 0 atom stereocenters. The molecule has 3 aromatic rings. The third kappa shape index (κ3) is 4.74. The Bertz CT molecular complexity index is 778. The Hall–Kier alpha value is -2.52. The second-order valence-corrected chi connectivity index (χ2v) is 6.74. The van der Waals surface area contributed by atoms with Gasteiger partial charge in [0.1, 0.15) is 0 Å². The van der Waals surface area contributed by atoms with Gasteiger partial charge < -0.3 is 5.32 Å². The maximum absolute atomic E-state index is 12.7. The monoisotopic (exact) mass is 347 g/mol. The molecule has 3 rings (SSSR count). The van der Waals surface area contributed by atoms with Gasteiger partial charge >= 0.3 is 0 Å². The highest BCUT2D eigenvalue weighted by atomic mass is 32.2. The number of amides is 1. The number of carbonyl (C=O) groups excluding carboxylic acids is 1. The van der Waals surface area contributed by atoms with Crippen LogP contribution < -0.4 is 5.32 Å². The summed E-state index contributed by atoms with van der Waals surface area (Å²) >= 11 is 1.67. The van der Waals surface area contributed by atoms with Crippen LogP contribution in [-0.2, 0) is 4.79 Å². The third-order valence-electron chi connectivity index (χ3n) is 4.15. The van der Waals surface area contributed by atoms with E-state index in [1.165, 1.54) is 0 Å². The van der Waals surface area contributed by atoms with Crippen LogP contribution in [0.15, 0.2) is 89.8 Å². The maximum atomic E-state index is 12.7. The van der Waals surface area contributed by atoms with Crippen molar-refractivity contribution in [3.05, 3.63) is 96.1 Å². The predicted octanol–water partition coefficient (Wildman–Crippen LogP) is 5.57. The first-order chi connectivity index (χ1) is 12.3. The number of carbonyl (C=O) groups is 1. The Morgan fingerprint density at radius 2 is 1.48 bits per heavy atom. The molecule has 0 saturated carbocycles. The van der Waals surface area contributed by atoms with Crippen LogP contribution in [0.5, 0.6) is 0 Å². The van der Waals surface area contributed by atoms with E-state index >= 15 is 0 Å². The first-order valence-corrected chi connectivity index (χ1v) is 9.52. The Balaban J connectivity index is 1.79. The van der Waals surface area contributed by atoms with Crippen molar-refractivity contribution >= 4 is 23.4 Å². The summed E-state index contributed by atoms with van der Waals surface area (Å²) in [6.45, 7) is 0. The predicted molar refractivity (Wildman–Crippen MR) is 106 cm³/mol. The van der Waals surface area contributed by atoms with Crippen LogP contribution in [0.1, 0.15) is 23.5 Å². The van der Waals surface area contributed by atoms with Gasteiger partial charge in [0.05, 0.1) is 0 Å². The average molecular weight is 347 g/mol. The zero-order chi connectivity index (χ0) is 17.5. The van der Waals surface area contributed by atoms with Crippen molar-refractivity contribution in [3.8, 4) is 0 Å². The molecule has 0 radical (unpaired) electrons. The standard InChI is InChI=1S/C22H21NOS/c1-25-20-14-8-13-19(15-20)23-22(24)16-21(17-9-4-2-5-10-17)18-11-6-3-7-12-18/h2-15,21H,16H2,1H3,(H,23,24). The average Bonchev–Trinajstić information content (AvgIpc) is 2.67. The second-order valence-electron chi connectivity index (χ2n) is 5.86. The summed E-state index contributed by atoms with van der Waals surface area (Å²) in [5, 5.41) is 3.03. The van der Waals surface area contributed by atoms with Crippen LogP contribution in [0.4, 0.5) is 5.69 Å². The zero-order valence-electron chi connectivity index (χ0n) is 14.2. The number of anilines is 1. The van der Waals surface area contributed by atoms with Crippen molar-refractivity contribution in [1.29, 1.82) is 0 Å². The highest BCUT2D eigenvalue weighted by molar-refractivity contribution is 7.98. The number of hydrogen-bond acceptors (Lipinski definition) is 2. The summed E-state index contributed by atoms with van der Waals surface area (Å²) in [4.78, 5) is 13.8. The lowest BCUT2D eigenvalue weighted by molar-refractivity contribution is -0.116. The fraction of sp³-hybridized carbons (Fsp3) is 0.136. The van der Waals surface area contributed by atoms with E-state index in [1.807, 2.05) is 66.9 Å². The minimum Gasteiger partial charge on any atom is -0.326 e. The molecule has 0 aliphatic carbocycles. The van der Waals surface area contributed by atoms with Crippen LogP contribution in [-0.4, -0.2) is 12.2 Å². The molecule has 0 bridgehead atoms. The van der Waals surface area contributed by atoms with Crippen molar-refractivity contribution < 1.29 is 4.79 Å². The Morgan fingerprint density at radius 1 is 0.880 bits per heavy atom. The highest BCUT2D eigenvalue weighted by Crippen LogP contribution is 2.28. The molecule has 3 aromatic carbocycles. The van der Waals surface area contributed by atoms with Crippen LogP contribution in [0, 0.1) is 0 Å². The van der Waals surface area contributed by atoms with Crippen molar-refractivity contribution in [2.45, 2.75) is 17.2 Å².